The molecule has 28 heavy (non-hydrogen) atoms. The van der Waals surface area contributed by atoms with Crippen LogP contribution in [0, 0.1) is 27.7 Å². The predicted molar refractivity (Wildman–Crippen MR) is 109 cm³/mol. The van der Waals surface area contributed by atoms with Crippen molar-refractivity contribution in [3.63, 3.8) is 0 Å². The van der Waals surface area contributed by atoms with Crippen molar-refractivity contribution >= 4 is 17.3 Å². The zero-order valence-electron chi connectivity index (χ0n) is 16.9. The van der Waals surface area contributed by atoms with Crippen molar-refractivity contribution in [2.75, 3.05) is 6.61 Å². The summed E-state index contributed by atoms with van der Waals surface area (Å²) in [5.41, 5.74) is 7.00. The fraction of sp³-hybridized carbons (Fsp3) is 0.273. The maximum Gasteiger partial charge on any atom is 0.338 e. The summed E-state index contributed by atoms with van der Waals surface area (Å²) in [5.74, 6) is -0.328. The van der Waals surface area contributed by atoms with Gasteiger partial charge < -0.3 is 4.74 Å². The Hall–Kier alpha value is -3.28. The molecule has 0 amide bonds. The van der Waals surface area contributed by atoms with Crippen LogP contribution in [-0.2, 0) is 4.74 Å². The van der Waals surface area contributed by atoms with E-state index in [4.69, 9.17) is 4.74 Å². The highest BCUT2D eigenvalue weighted by molar-refractivity contribution is 5.89. The van der Waals surface area contributed by atoms with Gasteiger partial charge in [-0.3, -0.25) is 0 Å². The second-order valence-corrected chi connectivity index (χ2v) is 6.67. The van der Waals surface area contributed by atoms with Gasteiger partial charge in [0.25, 0.3) is 0 Å². The molecule has 0 bridgehead atoms. The number of aryl methyl sites for hydroxylation is 3. The molecule has 3 rings (SSSR count). The molecule has 0 fully saturated rings. The van der Waals surface area contributed by atoms with Crippen molar-refractivity contribution in [3.05, 3.63) is 70.5 Å². The van der Waals surface area contributed by atoms with Crippen molar-refractivity contribution in [2.45, 2.75) is 34.6 Å². The van der Waals surface area contributed by atoms with Gasteiger partial charge in [-0.05, 0) is 82.1 Å². The minimum Gasteiger partial charge on any atom is -0.462 e. The number of esters is 1. The second-order valence-electron chi connectivity index (χ2n) is 6.67. The monoisotopic (exact) mass is 376 g/mol. The molecule has 1 heterocycles. The summed E-state index contributed by atoms with van der Waals surface area (Å²) in [6.45, 7) is 10.1. The van der Waals surface area contributed by atoms with Crippen LogP contribution in [0.1, 0.15) is 39.8 Å². The lowest BCUT2D eigenvalue weighted by Gasteiger charge is -2.06. The van der Waals surface area contributed by atoms with Crippen LogP contribution >= 0.6 is 0 Å². The lowest BCUT2D eigenvalue weighted by molar-refractivity contribution is 0.0526. The number of ether oxygens (including phenoxy) is 1. The van der Waals surface area contributed by atoms with E-state index < -0.39 is 0 Å². The molecule has 6 nitrogen and oxygen atoms in total. The Kier molecular flexibility index (Phi) is 5.68. The number of hydrogen-bond acceptors (Lipinski definition) is 5. The Labute approximate surface area is 164 Å². The van der Waals surface area contributed by atoms with Gasteiger partial charge in [-0.25, -0.2) is 9.48 Å². The van der Waals surface area contributed by atoms with E-state index in [1.165, 1.54) is 11.1 Å². The van der Waals surface area contributed by atoms with Gasteiger partial charge in [-0.15, -0.1) is 5.11 Å². The molecule has 0 saturated heterocycles. The topological polar surface area (TPSA) is 68.8 Å². The van der Waals surface area contributed by atoms with E-state index in [1.54, 1.807) is 23.7 Å². The van der Waals surface area contributed by atoms with Crippen molar-refractivity contribution < 1.29 is 9.53 Å². The number of nitrogens with zero attached hydrogens (tertiary/aromatic N) is 4. The Morgan fingerprint density at radius 1 is 1.00 bits per heavy atom. The van der Waals surface area contributed by atoms with Crippen LogP contribution in [0.25, 0.3) is 5.69 Å². The first-order valence-electron chi connectivity index (χ1n) is 9.23. The number of rotatable bonds is 5. The molecular formula is C22H24N4O2. The maximum atomic E-state index is 11.8. The van der Waals surface area contributed by atoms with E-state index >= 15 is 0 Å². The van der Waals surface area contributed by atoms with Crippen molar-refractivity contribution in [1.29, 1.82) is 0 Å². The highest BCUT2D eigenvalue weighted by Crippen LogP contribution is 2.28. The second kappa shape index (κ2) is 8.17. The standard InChI is InChI=1S/C22H24N4O2/c1-6-28-22(27)18-8-11-20(12-9-18)26-17(5)21(16(4)25-26)24-23-19-10-7-14(2)15(3)13-19/h7-13H,6H2,1-5H3. The summed E-state index contributed by atoms with van der Waals surface area (Å²) in [5, 5.41) is 13.4. The summed E-state index contributed by atoms with van der Waals surface area (Å²) in [6, 6.07) is 13.2. The molecule has 0 unspecified atom stereocenters. The molecule has 3 aromatic rings. The van der Waals surface area contributed by atoms with Crippen LogP contribution < -0.4 is 0 Å². The molecule has 0 aliphatic carbocycles. The van der Waals surface area contributed by atoms with Crippen LogP contribution in [0.5, 0.6) is 0 Å². The molecule has 2 aromatic carbocycles. The van der Waals surface area contributed by atoms with E-state index in [0.717, 1.165) is 28.5 Å². The zero-order valence-corrected chi connectivity index (χ0v) is 16.9. The van der Waals surface area contributed by atoms with Gasteiger partial charge in [0.05, 0.1) is 34.9 Å². The summed E-state index contributed by atoms with van der Waals surface area (Å²) < 4.78 is 6.83. The number of benzene rings is 2. The summed E-state index contributed by atoms with van der Waals surface area (Å²) in [6.07, 6.45) is 0. The first-order chi connectivity index (χ1) is 13.4. The van der Waals surface area contributed by atoms with Gasteiger partial charge in [-0.2, -0.15) is 10.2 Å². The van der Waals surface area contributed by atoms with Crippen LogP contribution in [-0.4, -0.2) is 22.4 Å². The molecular weight excluding hydrogens is 352 g/mol. The third-order valence-corrected chi connectivity index (χ3v) is 4.63. The number of carbonyl (C=O) groups is 1. The SMILES string of the molecule is CCOC(=O)c1ccc(-n2nc(C)c(N=Nc3ccc(C)c(C)c3)c2C)cc1. The highest BCUT2D eigenvalue weighted by Gasteiger charge is 2.14. The van der Waals surface area contributed by atoms with Crippen LogP contribution in [0.3, 0.4) is 0 Å². The van der Waals surface area contributed by atoms with Crippen LogP contribution in [0.4, 0.5) is 11.4 Å². The van der Waals surface area contributed by atoms with Gasteiger partial charge >= 0.3 is 5.97 Å². The van der Waals surface area contributed by atoms with E-state index in [-0.39, 0.29) is 5.97 Å². The fourth-order valence-corrected chi connectivity index (χ4v) is 2.88. The van der Waals surface area contributed by atoms with E-state index in [0.29, 0.717) is 12.2 Å². The smallest absolute Gasteiger partial charge is 0.338 e. The van der Waals surface area contributed by atoms with E-state index in [9.17, 15) is 4.79 Å². The Morgan fingerprint density at radius 2 is 1.71 bits per heavy atom. The van der Waals surface area contributed by atoms with Gasteiger partial charge in [-0.1, -0.05) is 6.07 Å². The Balaban J connectivity index is 1.88. The average molecular weight is 376 g/mol. The zero-order chi connectivity index (χ0) is 20.3. The fourth-order valence-electron chi connectivity index (χ4n) is 2.88. The maximum absolute atomic E-state index is 11.8. The minimum absolute atomic E-state index is 0.328. The molecule has 0 radical (unpaired) electrons. The number of hydrogen-bond donors (Lipinski definition) is 0. The molecule has 1 aromatic heterocycles. The van der Waals surface area contributed by atoms with Gasteiger partial charge in [0, 0.05) is 0 Å². The largest absolute Gasteiger partial charge is 0.462 e. The molecule has 0 aliphatic rings. The first-order valence-corrected chi connectivity index (χ1v) is 9.23. The lowest BCUT2D eigenvalue weighted by atomic mass is 10.1. The number of azo groups is 1. The normalized spacial score (nSPS) is 11.2. The number of carbonyl (C=O) groups excluding carboxylic acids is 1. The van der Waals surface area contributed by atoms with Crippen LogP contribution in [0.2, 0.25) is 0 Å². The number of aromatic nitrogens is 2. The summed E-state index contributed by atoms with van der Waals surface area (Å²) in [7, 11) is 0. The third-order valence-electron chi connectivity index (χ3n) is 4.63. The third kappa shape index (κ3) is 4.01. The quantitative estimate of drug-likeness (QED) is 0.424. The summed E-state index contributed by atoms with van der Waals surface area (Å²) in [4.78, 5) is 11.8. The van der Waals surface area contributed by atoms with Gasteiger partial charge in [0.2, 0.25) is 0 Å². The molecule has 0 saturated carbocycles. The first kappa shape index (κ1) is 19.5. The van der Waals surface area contributed by atoms with Crippen LogP contribution in [0.15, 0.2) is 52.7 Å². The predicted octanol–water partition coefficient (Wildman–Crippen LogP) is 5.70. The molecule has 6 heteroatoms. The minimum atomic E-state index is -0.328. The average Bonchev–Trinajstić information content (AvgIpc) is 2.97. The molecule has 0 spiro atoms. The van der Waals surface area contributed by atoms with Gasteiger partial charge in [0.15, 0.2) is 0 Å². The molecule has 0 atom stereocenters. The van der Waals surface area contributed by atoms with Crippen molar-refractivity contribution in [2.24, 2.45) is 10.2 Å². The van der Waals surface area contributed by atoms with Gasteiger partial charge in [0.1, 0.15) is 5.69 Å². The lowest BCUT2D eigenvalue weighted by Crippen LogP contribution is -2.05. The van der Waals surface area contributed by atoms with E-state index in [1.807, 2.05) is 44.2 Å². The molecule has 0 aliphatic heterocycles. The highest BCUT2D eigenvalue weighted by atomic mass is 16.5. The molecule has 0 N–H and O–H groups in total. The summed E-state index contributed by atoms with van der Waals surface area (Å²) >= 11 is 0. The Morgan fingerprint density at radius 3 is 2.36 bits per heavy atom. The molecule has 144 valence electrons. The Bertz CT molecular complexity index is 1030. The van der Waals surface area contributed by atoms with Crippen molar-refractivity contribution in [1.82, 2.24) is 9.78 Å². The van der Waals surface area contributed by atoms with Crippen molar-refractivity contribution in [3.8, 4) is 5.69 Å². The van der Waals surface area contributed by atoms with E-state index in [2.05, 4.69) is 29.2 Å².